The van der Waals surface area contributed by atoms with Crippen LogP contribution in [0.3, 0.4) is 0 Å². The third-order valence-electron chi connectivity index (χ3n) is 5.06. The van der Waals surface area contributed by atoms with Crippen molar-refractivity contribution in [1.29, 1.82) is 0 Å². The fraction of sp³-hybridized carbons (Fsp3) is 0.333. The van der Waals surface area contributed by atoms with Gasteiger partial charge in [0.15, 0.2) is 18.1 Å². The minimum absolute atomic E-state index is 0.0358. The molecule has 0 spiro atoms. The van der Waals surface area contributed by atoms with Crippen molar-refractivity contribution in [2.75, 3.05) is 51.9 Å². The molecule has 0 radical (unpaired) electrons. The van der Waals surface area contributed by atoms with E-state index in [0.717, 1.165) is 5.69 Å². The number of piperazine rings is 1. The molecule has 1 aliphatic rings. The van der Waals surface area contributed by atoms with Crippen LogP contribution in [0.1, 0.15) is 10.4 Å². The van der Waals surface area contributed by atoms with Crippen molar-refractivity contribution in [3.05, 3.63) is 52.1 Å². The van der Waals surface area contributed by atoms with E-state index in [1.165, 1.54) is 38.5 Å². The van der Waals surface area contributed by atoms with Crippen molar-refractivity contribution in [3.8, 4) is 17.2 Å². The van der Waals surface area contributed by atoms with Gasteiger partial charge < -0.3 is 29.7 Å². The van der Waals surface area contributed by atoms with Gasteiger partial charge in [0.05, 0.1) is 19.1 Å². The topological polar surface area (TPSA) is 137 Å². The first-order valence-electron chi connectivity index (χ1n) is 9.79. The normalized spacial score (nSPS) is 13.4. The molecule has 1 fully saturated rings. The molecule has 0 aliphatic carbocycles. The molecule has 0 aromatic heterocycles. The number of nitro benzene ring substituents is 1. The Labute approximate surface area is 184 Å². The SMILES string of the molecule is COc1cc(C(=O)N2CCN(c3ccc([N+](=O)[O-])cc3)CC2)cc(OC)c1OCC(N)=O. The number of hydrogen-bond acceptors (Lipinski definition) is 8. The molecule has 11 heteroatoms. The van der Waals surface area contributed by atoms with Crippen LogP contribution in [0, 0.1) is 10.1 Å². The summed E-state index contributed by atoms with van der Waals surface area (Å²) in [5.74, 6) is -0.170. The van der Waals surface area contributed by atoms with E-state index in [0.29, 0.717) is 31.7 Å². The molecule has 2 aromatic carbocycles. The molecule has 170 valence electrons. The molecule has 0 saturated carbocycles. The Morgan fingerprint density at radius 2 is 1.59 bits per heavy atom. The largest absolute Gasteiger partial charge is 0.493 e. The van der Waals surface area contributed by atoms with E-state index in [4.69, 9.17) is 19.9 Å². The second-order valence-corrected chi connectivity index (χ2v) is 7.02. The van der Waals surface area contributed by atoms with Crippen LogP contribution in [0.5, 0.6) is 17.2 Å². The smallest absolute Gasteiger partial charge is 0.269 e. The highest BCUT2D eigenvalue weighted by atomic mass is 16.6. The number of nitrogens with zero attached hydrogens (tertiary/aromatic N) is 3. The van der Waals surface area contributed by atoms with E-state index in [1.54, 1.807) is 17.0 Å². The van der Waals surface area contributed by atoms with Gasteiger partial charge in [-0.3, -0.25) is 19.7 Å². The molecule has 0 bridgehead atoms. The summed E-state index contributed by atoms with van der Waals surface area (Å²) in [6.07, 6.45) is 0. The number of non-ortho nitro benzene ring substituents is 1. The molecule has 0 unspecified atom stereocenters. The summed E-state index contributed by atoms with van der Waals surface area (Å²) in [5, 5.41) is 10.8. The predicted molar refractivity (Wildman–Crippen MR) is 115 cm³/mol. The first-order chi connectivity index (χ1) is 15.3. The highest BCUT2D eigenvalue weighted by Crippen LogP contribution is 2.39. The number of benzene rings is 2. The summed E-state index contributed by atoms with van der Waals surface area (Å²) < 4.78 is 16.0. The van der Waals surface area contributed by atoms with Crippen LogP contribution in [-0.2, 0) is 4.79 Å². The van der Waals surface area contributed by atoms with Crippen LogP contribution in [0.2, 0.25) is 0 Å². The van der Waals surface area contributed by atoms with Crippen molar-refractivity contribution < 1.29 is 28.7 Å². The summed E-state index contributed by atoms with van der Waals surface area (Å²) in [7, 11) is 2.84. The summed E-state index contributed by atoms with van der Waals surface area (Å²) in [4.78, 5) is 38.3. The van der Waals surface area contributed by atoms with Gasteiger partial charge in [-0.1, -0.05) is 0 Å². The van der Waals surface area contributed by atoms with Gasteiger partial charge in [-0.05, 0) is 24.3 Å². The summed E-state index contributed by atoms with van der Waals surface area (Å²) in [6.45, 7) is 1.75. The van der Waals surface area contributed by atoms with Gasteiger partial charge >= 0.3 is 0 Å². The van der Waals surface area contributed by atoms with Gasteiger partial charge in [0, 0.05) is 49.6 Å². The lowest BCUT2D eigenvalue weighted by Crippen LogP contribution is -2.48. The highest BCUT2D eigenvalue weighted by molar-refractivity contribution is 5.96. The zero-order chi connectivity index (χ0) is 23.3. The maximum absolute atomic E-state index is 13.1. The van der Waals surface area contributed by atoms with Gasteiger partial charge in [-0.25, -0.2) is 0 Å². The predicted octanol–water partition coefficient (Wildman–Crippen LogP) is 1.44. The third kappa shape index (κ3) is 4.99. The lowest BCUT2D eigenvalue weighted by atomic mass is 10.1. The maximum atomic E-state index is 13.1. The zero-order valence-electron chi connectivity index (χ0n) is 17.8. The van der Waals surface area contributed by atoms with Gasteiger partial charge in [0.1, 0.15) is 0 Å². The van der Waals surface area contributed by atoms with Crippen LogP contribution < -0.4 is 24.8 Å². The average molecular weight is 444 g/mol. The molecule has 3 rings (SSSR count). The maximum Gasteiger partial charge on any atom is 0.269 e. The highest BCUT2D eigenvalue weighted by Gasteiger charge is 2.25. The fourth-order valence-corrected chi connectivity index (χ4v) is 3.42. The minimum Gasteiger partial charge on any atom is -0.493 e. The number of methoxy groups -OCH3 is 2. The molecule has 2 aromatic rings. The molecule has 0 atom stereocenters. The molecule has 2 N–H and O–H groups in total. The van der Waals surface area contributed by atoms with E-state index < -0.39 is 10.8 Å². The number of anilines is 1. The van der Waals surface area contributed by atoms with Crippen LogP contribution in [0.25, 0.3) is 0 Å². The second-order valence-electron chi connectivity index (χ2n) is 7.02. The fourth-order valence-electron chi connectivity index (χ4n) is 3.42. The number of ether oxygens (including phenoxy) is 3. The van der Waals surface area contributed by atoms with Gasteiger partial charge in [-0.15, -0.1) is 0 Å². The number of hydrogen-bond donors (Lipinski definition) is 1. The average Bonchev–Trinajstić information content (AvgIpc) is 2.81. The zero-order valence-corrected chi connectivity index (χ0v) is 17.8. The summed E-state index contributed by atoms with van der Waals surface area (Å²) in [6, 6.07) is 9.40. The lowest BCUT2D eigenvalue weighted by molar-refractivity contribution is -0.384. The first kappa shape index (κ1) is 22.7. The van der Waals surface area contributed by atoms with E-state index in [-0.39, 0.29) is 35.4 Å². The van der Waals surface area contributed by atoms with Crippen LogP contribution >= 0.6 is 0 Å². The lowest BCUT2D eigenvalue weighted by Gasteiger charge is -2.36. The Morgan fingerprint density at radius 3 is 2.06 bits per heavy atom. The molecule has 32 heavy (non-hydrogen) atoms. The van der Waals surface area contributed by atoms with Crippen molar-refractivity contribution in [2.45, 2.75) is 0 Å². The van der Waals surface area contributed by atoms with E-state index >= 15 is 0 Å². The van der Waals surface area contributed by atoms with Crippen LogP contribution in [-0.4, -0.2) is 68.6 Å². The molecule has 1 aliphatic heterocycles. The number of nitro groups is 1. The monoisotopic (exact) mass is 444 g/mol. The number of carbonyl (C=O) groups is 2. The Hall–Kier alpha value is -4.02. The van der Waals surface area contributed by atoms with Crippen molar-refractivity contribution in [2.24, 2.45) is 5.73 Å². The summed E-state index contributed by atoms with van der Waals surface area (Å²) >= 11 is 0. The Bertz CT molecular complexity index is 977. The Balaban J connectivity index is 1.71. The first-order valence-corrected chi connectivity index (χ1v) is 9.79. The van der Waals surface area contributed by atoms with Gasteiger partial charge in [0.2, 0.25) is 5.75 Å². The Kier molecular flexibility index (Phi) is 6.98. The third-order valence-corrected chi connectivity index (χ3v) is 5.06. The van der Waals surface area contributed by atoms with Gasteiger partial charge in [-0.2, -0.15) is 0 Å². The van der Waals surface area contributed by atoms with Crippen molar-refractivity contribution in [1.82, 2.24) is 4.90 Å². The van der Waals surface area contributed by atoms with E-state index in [9.17, 15) is 19.7 Å². The number of carbonyl (C=O) groups excluding carboxylic acids is 2. The molecule has 2 amide bonds. The van der Waals surface area contributed by atoms with E-state index in [1.807, 2.05) is 0 Å². The molecular weight excluding hydrogens is 420 g/mol. The number of nitrogens with two attached hydrogens (primary N) is 1. The quantitative estimate of drug-likeness (QED) is 0.477. The molecule has 11 nitrogen and oxygen atoms in total. The number of primary amides is 1. The number of amides is 2. The number of rotatable bonds is 8. The molecular formula is C21H24N4O7. The minimum atomic E-state index is -0.653. The molecule has 1 heterocycles. The van der Waals surface area contributed by atoms with E-state index in [2.05, 4.69) is 4.90 Å². The van der Waals surface area contributed by atoms with Crippen molar-refractivity contribution >= 4 is 23.2 Å². The van der Waals surface area contributed by atoms with Crippen LogP contribution in [0.4, 0.5) is 11.4 Å². The summed E-state index contributed by atoms with van der Waals surface area (Å²) in [5.41, 5.74) is 6.39. The van der Waals surface area contributed by atoms with Crippen molar-refractivity contribution in [3.63, 3.8) is 0 Å². The second kappa shape index (κ2) is 9.86. The van der Waals surface area contributed by atoms with Crippen LogP contribution in [0.15, 0.2) is 36.4 Å². The Morgan fingerprint density at radius 1 is 1.03 bits per heavy atom. The standard InChI is InChI=1S/C21H24N4O7/c1-30-17-11-14(12-18(31-2)20(17)32-13-19(22)26)21(27)24-9-7-23(8-10-24)15-3-5-16(6-4-15)25(28)29/h3-6,11-12H,7-10,13H2,1-2H3,(H2,22,26). The van der Waals surface area contributed by atoms with Gasteiger partial charge in [0.25, 0.3) is 17.5 Å². The molecule has 1 saturated heterocycles.